The predicted octanol–water partition coefficient (Wildman–Crippen LogP) is 2.88. The standard InChI is InChI=1S/C15H11N3O/c19-15(13-7-3-4-8-16-13)18-14-9-11-5-1-2-6-12(11)10-17-14/h1-10H,(H,17,18,19). The zero-order valence-electron chi connectivity index (χ0n) is 10.1. The van der Waals surface area contributed by atoms with E-state index in [4.69, 9.17) is 0 Å². The molecule has 0 aliphatic rings. The summed E-state index contributed by atoms with van der Waals surface area (Å²) in [6.45, 7) is 0. The highest BCUT2D eigenvalue weighted by Crippen LogP contribution is 2.16. The Morgan fingerprint density at radius 3 is 2.53 bits per heavy atom. The van der Waals surface area contributed by atoms with Gasteiger partial charge in [-0.2, -0.15) is 0 Å². The van der Waals surface area contributed by atoms with Crippen LogP contribution >= 0.6 is 0 Å². The van der Waals surface area contributed by atoms with Crippen LogP contribution < -0.4 is 5.32 Å². The molecule has 4 heteroatoms. The summed E-state index contributed by atoms with van der Waals surface area (Å²) in [4.78, 5) is 20.1. The smallest absolute Gasteiger partial charge is 0.275 e. The van der Waals surface area contributed by atoms with Gasteiger partial charge < -0.3 is 5.32 Å². The minimum Gasteiger partial charge on any atom is -0.305 e. The third-order valence-corrected chi connectivity index (χ3v) is 2.77. The minimum absolute atomic E-state index is 0.261. The maximum atomic E-state index is 11.9. The van der Waals surface area contributed by atoms with Crippen molar-refractivity contribution in [2.45, 2.75) is 0 Å². The zero-order chi connectivity index (χ0) is 13.1. The van der Waals surface area contributed by atoms with Crippen molar-refractivity contribution in [1.29, 1.82) is 0 Å². The summed E-state index contributed by atoms with van der Waals surface area (Å²) in [7, 11) is 0. The predicted molar refractivity (Wildman–Crippen MR) is 73.9 cm³/mol. The monoisotopic (exact) mass is 249 g/mol. The van der Waals surface area contributed by atoms with Gasteiger partial charge in [-0.05, 0) is 23.6 Å². The third-order valence-electron chi connectivity index (χ3n) is 2.77. The van der Waals surface area contributed by atoms with Gasteiger partial charge in [-0.25, -0.2) is 4.98 Å². The van der Waals surface area contributed by atoms with E-state index in [1.165, 1.54) is 0 Å². The van der Waals surface area contributed by atoms with Gasteiger partial charge in [0.05, 0.1) is 0 Å². The lowest BCUT2D eigenvalue weighted by molar-refractivity contribution is 0.102. The summed E-state index contributed by atoms with van der Waals surface area (Å²) in [6, 6.07) is 14.9. The maximum absolute atomic E-state index is 11.9. The molecule has 0 aliphatic carbocycles. The number of carbonyl (C=O) groups is 1. The van der Waals surface area contributed by atoms with Crippen molar-refractivity contribution >= 4 is 22.5 Å². The first-order valence-corrected chi connectivity index (χ1v) is 5.90. The number of nitrogens with zero attached hydrogens (tertiary/aromatic N) is 2. The molecule has 0 saturated carbocycles. The molecule has 0 atom stereocenters. The molecule has 2 heterocycles. The number of carbonyl (C=O) groups excluding carboxylic acids is 1. The average Bonchev–Trinajstić information content (AvgIpc) is 2.48. The molecular formula is C15H11N3O. The van der Waals surface area contributed by atoms with Crippen LogP contribution in [0.4, 0.5) is 5.82 Å². The number of aromatic nitrogens is 2. The second kappa shape index (κ2) is 4.86. The molecule has 0 fully saturated rings. The second-order valence-electron chi connectivity index (χ2n) is 4.09. The van der Waals surface area contributed by atoms with Crippen molar-refractivity contribution in [2.24, 2.45) is 0 Å². The van der Waals surface area contributed by atoms with Gasteiger partial charge in [0.15, 0.2) is 0 Å². The van der Waals surface area contributed by atoms with Crippen LogP contribution in [0.2, 0.25) is 0 Å². The van der Waals surface area contributed by atoms with Crippen molar-refractivity contribution in [3.8, 4) is 0 Å². The van der Waals surface area contributed by atoms with Crippen LogP contribution in [0, 0.1) is 0 Å². The summed E-state index contributed by atoms with van der Waals surface area (Å²) in [5, 5.41) is 4.81. The summed E-state index contributed by atoms with van der Waals surface area (Å²) < 4.78 is 0. The molecule has 1 amide bonds. The fourth-order valence-electron chi connectivity index (χ4n) is 1.83. The van der Waals surface area contributed by atoms with E-state index in [0.29, 0.717) is 11.5 Å². The highest BCUT2D eigenvalue weighted by Gasteiger charge is 2.07. The Balaban J connectivity index is 1.87. The summed E-state index contributed by atoms with van der Waals surface area (Å²) in [5.41, 5.74) is 0.373. The number of hydrogen-bond acceptors (Lipinski definition) is 3. The third kappa shape index (κ3) is 2.42. The summed E-state index contributed by atoms with van der Waals surface area (Å²) >= 11 is 0. The highest BCUT2D eigenvalue weighted by atomic mass is 16.1. The quantitative estimate of drug-likeness (QED) is 0.759. The molecule has 0 unspecified atom stereocenters. The Bertz CT molecular complexity index is 726. The van der Waals surface area contributed by atoms with Crippen LogP contribution in [0.1, 0.15) is 10.5 Å². The Hall–Kier alpha value is -2.75. The summed E-state index contributed by atoms with van der Waals surface area (Å²) in [6.07, 6.45) is 3.33. The number of benzene rings is 1. The molecule has 0 spiro atoms. The van der Waals surface area contributed by atoms with Gasteiger partial charge in [0, 0.05) is 17.8 Å². The van der Waals surface area contributed by atoms with Gasteiger partial charge in [-0.3, -0.25) is 9.78 Å². The van der Waals surface area contributed by atoms with Crippen LogP contribution in [0.25, 0.3) is 10.8 Å². The van der Waals surface area contributed by atoms with Crippen molar-refractivity contribution < 1.29 is 4.79 Å². The first-order chi connectivity index (χ1) is 9.33. The number of pyridine rings is 2. The van der Waals surface area contributed by atoms with E-state index in [0.717, 1.165) is 10.8 Å². The molecule has 1 aromatic carbocycles. The molecule has 2 aromatic heterocycles. The lowest BCUT2D eigenvalue weighted by Gasteiger charge is -2.04. The van der Waals surface area contributed by atoms with Crippen molar-refractivity contribution in [3.05, 3.63) is 66.6 Å². The Kier molecular flexibility index (Phi) is 2.90. The lowest BCUT2D eigenvalue weighted by atomic mass is 10.2. The lowest BCUT2D eigenvalue weighted by Crippen LogP contribution is -2.14. The number of hydrogen-bond donors (Lipinski definition) is 1. The molecule has 3 aromatic rings. The number of nitrogens with one attached hydrogen (secondary N) is 1. The van der Waals surface area contributed by atoms with E-state index >= 15 is 0 Å². The van der Waals surface area contributed by atoms with E-state index in [9.17, 15) is 4.79 Å². The maximum Gasteiger partial charge on any atom is 0.275 e. The SMILES string of the molecule is O=C(Nc1cc2ccccc2cn1)c1ccccn1. The van der Waals surface area contributed by atoms with Crippen molar-refractivity contribution in [2.75, 3.05) is 5.32 Å². The molecule has 0 aliphatic heterocycles. The Morgan fingerprint density at radius 2 is 1.74 bits per heavy atom. The first kappa shape index (κ1) is 11.3. The molecule has 19 heavy (non-hydrogen) atoms. The minimum atomic E-state index is -0.261. The van der Waals surface area contributed by atoms with E-state index in [1.54, 1.807) is 30.6 Å². The van der Waals surface area contributed by atoms with Gasteiger partial charge in [-0.15, -0.1) is 0 Å². The number of rotatable bonds is 2. The Morgan fingerprint density at radius 1 is 0.947 bits per heavy atom. The number of fused-ring (bicyclic) bond motifs is 1. The van der Waals surface area contributed by atoms with Crippen LogP contribution in [0.5, 0.6) is 0 Å². The topological polar surface area (TPSA) is 54.9 Å². The normalized spacial score (nSPS) is 10.3. The molecule has 3 rings (SSSR count). The van der Waals surface area contributed by atoms with Crippen LogP contribution in [0.3, 0.4) is 0 Å². The van der Waals surface area contributed by atoms with Crippen LogP contribution in [-0.2, 0) is 0 Å². The molecule has 92 valence electrons. The Labute approximate surface area is 110 Å². The first-order valence-electron chi connectivity index (χ1n) is 5.90. The fourth-order valence-corrected chi connectivity index (χ4v) is 1.83. The van der Waals surface area contributed by atoms with Gasteiger partial charge >= 0.3 is 0 Å². The van der Waals surface area contributed by atoms with E-state index in [-0.39, 0.29) is 5.91 Å². The van der Waals surface area contributed by atoms with E-state index in [2.05, 4.69) is 15.3 Å². The van der Waals surface area contributed by atoms with Crippen molar-refractivity contribution in [1.82, 2.24) is 9.97 Å². The zero-order valence-corrected chi connectivity index (χ0v) is 10.1. The van der Waals surface area contributed by atoms with Crippen LogP contribution in [-0.4, -0.2) is 15.9 Å². The molecule has 0 bridgehead atoms. The van der Waals surface area contributed by atoms with Crippen molar-refractivity contribution in [3.63, 3.8) is 0 Å². The van der Waals surface area contributed by atoms with Gasteiger partial charge in [0.25, 0.3) is 5.91 Å². The molecule has 1 N–H and O–H groups in total. The highest BCUT2D eigenvalue weighted by molar-refractivity contribution is 6.03. The van der Waals surface area contributed by atoms with E-state index < -0.39 is 0 Å². The van der Waals surface area contributed by atoms with Gasteiger partial charge in [0.1, 0.15) is 11.5 Å². The molecular weight excluding hydrogens is 238 g/mol. The number of amides is 1. The molecule has 0 saturated heterocycles. The van der Waals surface area contributed by atoms with Crippen LogP contribution in [0.15, 0.2) is 60.9 Å². The largest absolute Gasteiger partial charge is 0.305 e. The number of anilines is 1. The second-order valence-corrected chi connectivity index (χ2v) is 4.09. The molecule has 0 radical (unpaired) electrons. The van der Waals surface area contributed by atoms with Gasteiger partial charge in [-0.1, -0.05) is 30.3 Å². The summed E-state index contributed by atoms with van der Waals surface area (Å²) in [5.74, 6) is 0.262. The van der Waals surface area contributed by atoms with Gasteiger partial charge in [0.2, 0.25) is 0 Å². The average molecular weight is 249 g/mol. The fraction of sp³-hybridized carbons (Fsp3) is 0. The van der Waals surface area contributed by atoms with E-state index in [1.807, 2.05) is 30.3 Å². The molecule has 4 nitrogen and oxygen atoms in total.